The first-order valence-electron chi connectivity index (χ1n) is 11.0. The van der Waals surface area contributed by atoms with Crippen LogP contribution in [0.5, 0.6) is 5.75 Å². The van der Waals surface area contributed by atoms with Crippen molar-refractivity contribution in [3.63, 3.8) is 0 Å². The summed E-state index contributed by atoms with van der Waals surface area (Å²) >= 11 is 0. The maximum absolute atomic E-state index is 13.5. The van der Waals surface area contributed by atoms with Crippen LogP contribution in [-0.2, 0) is 19.7 Å². The number of amides is 1. The highest BCUT2D eigenvalue weighted by Gasteiger charge is 2.18. The molecule has 0 aliphatic rings. The largest absolute Gasteiger partial charge is 0.486 e. The van der Waals surface area contributed by atoms with Crippen molar-refractivity contribution in [3.05, 3.63) is 107 Å². The zero-order valence-corrected chi connectivity index (χ0v) is 18.8. The maximum Gasteiger partial charge on any atom is 0.254 e. The van der Waals surface area contributed by atoms with Crippen LogP contribution in [0.1, 0.15) is 47.2 Å². The fourth-order valence-electron chi connectivity index (χ4n) is 3.56. The van der Waals surface area contributed by atoms with Gasteiger partial charge in [-0.15, -0.1) is 5.10 Å². The Labute approximate surface area is 193 Å². The molecule has 0 fully saturated rings. The number of aromatic nitrogens is 4. The summed E-state index contributed by atoms with van der Waals surface area (Å²) in [6, 6.07) is 27.4. The van der Waals surface area contributed by atoms with Crippen molar-refractivity contribution >= 4 is 5.91 Å². The van der Waals surface area contributed by atoms with Crippen molar-refractivity contribution in [2.24, 2.45) is 0 Å². The molecule has 0 radical (unpaired) electrons. The highest BCUT2D eigenvalue weighted by atomic mass is 16.5. The van der Waals surface area contributed by atoms with E-state index in [2.05, 4.69) is 15.5 Å². The van der Waals surface area contributed by atoms with Gasteiger partial charge in [-0.2, -0.15) is 0 Å². The molecule has 0 saturated carbocycles. The lowest BCUT2D eigenvalue weighted by Crippen LogP contribution is -2.30. The van der Waals surface area contributed by atoms with E-state index in [1.165, 1.54) is 0 Å². The third kappa shape index (κ3) is 5.83. The molecule has 1 amide bonds. The molecule has 4 aromatic rings. The number of ether oxygens (including phenoxy) is 1. The third-order valence-electron chi connectivity index (χ3n) is 5.22. The Morgan fingerprint density at radius 3 is 2.15 bits per heavy atom. The fourth-order valence-corrected chi connectivity index (χ4v) is 3.56. The summed E-state index contributed by atoms with van der Waals surface area (Å²) < 4.78 is 7.63. The van der Waals surface area contributed by atoms with Gasteiger partial charge in [-0.05, 0) is 53.6 Å². The predicted octanol–water partition coefficient (Wildman–Crippen LogP) is 4.68. The minimum Gasteiger partial charge on any atom is -0.486 e. The Hall–Kier alpha value is -4.00. The minimum absolute atomic E-state index is 0.0554. The van der Waals surface area contributed by atoms with Gasteiger partial charge >= 0.3 is 0 Å². The molecule has 4 rings (SSSR count). The Balaban J connectivity index is 1.52. The summed E-state index contributed by atoms with van der Waals surface area (Å²) in [5.41, 5.74) is 2.73. The van der Waals surface area contributed by atoms with Crippen molar-refractivity contribution in [1.29, 1.82) is 0 Å². The molecule has 0 atom stereocenters. The van der Waals surface area contributed by atoms with E-state index in [0.717, 1.165) is 11.1 Å². The van der Waals surface area contributed by atoms with E-state index in [1.807, 2.05) is 97.6 Å². The smallest absolute Gasteiger partial charge is 0.254 e. The van der Waals surface area contributed by atoms with E-state index in [-0.39, 0.29) is 18.6 Å². The second-order valence-electron chi connectivity index (χ2n) is 8.08. The van der Waals surface area contributed by atoms with Crippen molar-refractivity contribution in [2.45, 2.75) is 39.6 Å². The summed E-state index contributed by atoms with van der Waals surface area (Å²) in [6.45, 7) is 5.27. The zero-order valence-electron chi connectivity index (χ0n) is 18.8. The molecule has 33 heavy (non-hydrogen) atoms. The van der Waals surface area contributed by atoms with Crippen LogP contribution in [0.4, 0.5) is 0 Å². The van der Waals surface area contributed by atoms with Crippen LogP contribution in [0.15, 0.2) is 84.9 Å². The van der Waals surface area contributed by atoms with Crippen LogP contribution in [0.3, 0.4) is 0 Å². The third-order valence-corrected chi connectivity index (χ3v) is 5.22. The zero-order chi connectivity index (χ0) is 23.0. The monoisotopic (exact) mass is 441 g/mol. The van der Waals surface area contributed by atoms with Gasteiger partial charge in [0.15, 0.2) is 5.82 Å². The van der Waals surface area contributed by atoms with Gasteiger partial charge in [-0.1, -0.05) is 66.7 Å². The molecule has 0 spiro atoms. The fraction of sp³-hybridized carbons (Fsp3) is 0.231. The Kier molecular flexibility index (Phi) is 7.09. The minimum atomic E-state index is -0.0554. The second kappa shape index (κ2) is 10.5. The summed E-state index contributed by atoms with van der Waals surface area (Å²) in [5, 5.41) is 11.8. The van der Waals surface area contributed by atoms with Crippen LogP contribution < -0.4 is 4.74 Å². The summed E-state index contributed by atoms with van der Waals surface area (Å²) in [6.07, 6.45) is 0. The predicted molar refractivity (Wildman–Crippen MR) is 125 cm³/mol. The summed E-state index contributed by atoms with van der Waals surface area (Å²) in [7, 11) is 0. The van der Waals surface area contributed by atoms with Crippen molar-refractivity contribution in [1.82, 2.24) is 25.1 Å². The number of hydrogen-bond acceptors (Lipinski definition) is 5. The molecule has 0 bridgehead atoms. The molecule has 1 heterocycles. The van der Waals surface area contributed by atoms with Crippen LogP contribution >= 0.6 is 0 Å². The van der Waals surface area contributed by atoms with Crippen molar-refractivity contribution in [2.75, 3.05) is 0 Å². The van der Waals surface area contributed by atoms with Crippen molar-refractivity contribution in [3.8, 4) is 5.75 Å². The van der Waals surface area contributed by atoms with Gasteiger partial charge in [-0.3, -0.25) is 4.79 Å². The molecular weight excluding hydrogens is 414 g/mol. The quantitative estimate of drug-likeness (QED) is 0.377. The van der Waals surface area contributed by atoms with E-state index in [9.17, 15) is 4.79 Å². The van der Waals surface area contributed by atoms with E-state index in [4.69, 9.17) is 4.74 Å². The second-order valence-corrected chi connectivity index (χ2v) is 8.08. The average molecular weight is 442 g/mol. The SMILES string of the molecule is CC(C)n1nnnc1COc1cccc(C(=O)N(Cc2ccccc2)Cc2ccccc2)c1. The molecule has 1 aromatic heterocycles. The van der Waals surface area contributed by atoms with E-state index in [1.54, 1.807) is 10.7 Å². The first-order valence-corrected chi connectivity index (χ1v) is 11.0. The Morgan fingerprint density at radius 1 is 0.909 bits per heavy atom. The lowest BCUT2D eigenvalue weighted by Gasteiger charge is -2.23. The first kappa shape index (κ1) is 22.2. The highest BCUT2D eigenvalue weighted by Crippen LogP contribution is 2.19. The number of carbonyl (C=O) groups excluding carboxylic acids is 1. The number of nitrogens with zero attached hydrogens (tertiary/aromatic N) is 5. The lowest BCUT2D eigenvalue weighted by atomic mass is 10.1. The lowest BCUT2D eigenvalue weighted by molar-refractivity contribution is 0.0729. The molecule has 7 nitrogen and oxygen atoms in total. The normalized spacial score (nSPS) is 10.9. The number of rotatable bonds is 9. The van der Waals surface area contributed by atoms with Crippen molar-refractivity contribution < 1.29 is 9.53 Å². The molecule has 0 saturated heterocycles. The van der Waals surface area contributed by atoms with Gasteiger partial charge in [0.2, 0.25) is 0 Å². The van der Waals surface area contributed by atoms with Gasteiger partial charge in [0, 0.05) is 18.7 Å². The Bertz CT molecular complexity index is 1130. The van der Waals surface area contributed by atoms with Crippen LogP contribution in [0.25, 0.3) is 0 Å². The van der Waals surface area contributed by atoms with Gasteiger partial charge in [0.1, 0.15) is 12.4 Å². The summed E-state index contributed by atoms with van der Waals surface area (Å²) in [5.74, 6) is 1.18. The average Bonchev–Trinajstić information content (AvgIpc) is 3.33. The van der Waals surface area contributed by atoms with E-state index >= 15 is 0 Å². The molecule has 0 aliphatic carbocycles. The molecule has 3 aromatic carbocycles. The standard InChI is InChI=1S/C26H27N5O2/c1-20(2)31-25(27-28-29-31)19-33-24-15-9-14-23(16-24)26(32)30(17-21-10-5-3-6-11-21)18-22-12-7-4-8-13-22/h3-16,20H,17-19H2,1-2H3. The van der Waals surface area contributed by atoms with E-state index in [0.29, 0.717) is 30.2 Å². The number of carbonyl (C=O) groups is 1. The molecule has 0 N–H and O–H groups in total. The number of tetrazole rings is 1. The van der Waals surface area contributed by atoms with Gasteiger partial charge in [-0.25, -0.2) is 4.68 Å². The molecule has 0 aliphatic heterocycles. The summed E-state index contributed by atoms with van der Waals surface area (Å²) in [4.78, 5) is 15.4. The molecular formula is C26H27N5O2. The van der Waals surface area contributed by atoms with Crippen LogP contribution in [0, 0.1) is 0 Å². The van der Waals surface area contributed by atoms with E-state index < -0.39 is 0 Å². The molecule has 0 unspecified atom stereocenters. The maximum atomic E-state index is 13.5. The number of benzene rings is 3. The molecule has 7 heteroatoms. The van der Waals surface area contributed by atoms with Crippen LogP contribution in [0.2, 0.25) is 0 Å². The Morgan fingerprint density at radius 2 is 1.55 bits per heavy atom. The number of hydrogen-bond donors (Lipinski definition) is 0. The van der Waals surface area contributed by atoms with Gasteiger partial charge in [0.05, 0.1) is 6.04 Å². The van der Waals surface area contributed by atoms with Gasteiger partial charge < -0.3 is 9.64 Å². The van der Waals surface area contributed by atoms with Gasteiger partial charge in [0.25, 0.3) is 5.91 Å². The topological polar surface area (TPSA) is 73.1 Å². The first-order chi connectivity index (χ1) is 16.1. The van der Waals surface area contributed by atoms with Crippen LogP contribution in [-0.4, -0.2) is 31.0 Å². The highest BCUT2D eigenvalue weighted by molar-refractivity contribution is 5.94. The molecule has 168 valence electrons.